The molecule has 2 N–H and O–H groups in total. The van der Waals surface area contributed by atoms with E-state index in [-0.39, 0.29) is 0 Å². The molecule has 5 heteroatoms. The number of unbranched alkanes of at least 4 members (excludes halogenated alkanes) is 15. The van der Waals surface area contributed by atoms with Crippen molar-refractivity contribution in [3.63, 3.8) is 0 Å². The van der Waals surface area contributed by atoms with E-state index in [9.17, 15) is 18.1 Å². The molecule has 0 spiro atoms. The van der Waals surface area contributed by atoms with Gasteiger partial charge in [-0.2, -0.15) is 8.42 Å². The van der Waals surface area contributed by atoms with Gasteiger partial charge in [0, 0.05) is 0 Å². The van der Waals surface area contributed by atoms with E-state index in [0.717, 1.165) is 19.3 Å². The van der Waals surface area contributed by atoms with Crippen LogP contribution < -0.4 is 0 Å². The van der Waals surface area contributed by atoms with E-state index in [2.05, 4.69) is 6.92 Å². The zero-order valence-corrected chi connectivity index (χ0v) is 20.2. The van der Waals surface area contributed by atoms with Gasteiger partial charge in [-0.05, 0) is 25.7 Å². The van der Waals surface area contributed by atoms with Crippen molar-refractivity contribution in [2.24, 2.45) is 0 Å². The highest BCUT2D eigenvalue weighted by molar-refractivity contribution is 7.86. The first-order chi connectivity index (χ1) is 13.9. The highest BCUT2D eigenvalue weighted by atomic mass is 32.2. The molecule has 2 atom stereocenters. The van der Waals surface area contributed by atoms with E-state index in [1.807, 2.05) is 6.92 Å². The van der Waals surface area contributed by atoms with E-state index in [1.54, 1.807) is 0 Å². The molecule has 0 aromatic carbocycles. The van der Waals surface area contributed by atoms with Gasteiger partial charge in [-0.1, -0.05) is 117 Å². The zero-order chi connectivity index (χ0) is 21.8. The molecule has 0 aliphatic heterocycles. The summed E-state index contributed by atoms with van der Waals surface area (Å²) in [7, 11) is -4.00. The molecule has 0 aliphatic rings. The Morgan fingerprint density at radius 2 is 0.966 bits per heavy atom. The van der Waals surface area contributed by atoms with Crippen LogP contribution in [0.3, 0.4) is 0 Å². The lowest BCUT2D eigenvalue weighted by Crippen LogP contribution is -2.22. The summed E-state index contributed by atoms with van der Waals surface area (Å²) in [5, 5.41) is 8.90. The number of aliphatic hydroxyl groups excluding tert-OH is 1. The third kappa shape index (κ3) is 19.6. The van der Waals surface area contributed by atoms with Crippen LogP contribution in [0.2, 0.25) is 0 Å². The minimum atomic E-state index is -4.00. The van der Waals surface area contributed by atoms with Gasteiger partial charge in [-0.25, -0.2) is 0 Å². The molecule has 176 valence electrons. The molecule has 2 unspecified atom stereocenters. The van der Waals surface area contributed by atoms with Crippen molar-refractivity contribution in [2.75, 3.05) is 0 Å². The van der Waals surface area contributed by atoms with E-state index >= 15 is 0 Å². The molecule has 0 fully saturated rings. The van der Waals surface area contributed by atoms with E-state index in [0.29, 0.717) is 25.7 Å². The molecule has 0 amide bonds. The van der Waals surface area contributed by atoms with Crippen molar-refractivity contribution in [1.29, 1.82) is 0 Å². The lowest BCUT2D eigenvalue weighted by molar-refractivity contribution is 0.156. The summed E-state index contributed by atoms with van der Waals surface area (Å²) in [6.07, 6.45) is 22.2. The molecule has 4 nitrogen and oxygen atoms in total. The second-order valence-electron chi connectivity index (χ2n) is 8.87. The summed E-state index contributed by atoms with van der Waals surface area (Å²) in [4.78, 5) is 0. The Balaban J connectivity index is 3.48. The van der Waals surface area contributed by atoms with Crippen LogP contribution in [0.25, 0.3) is 0 Å². The number of hydrogen-bond acceptors (Lipinski definition) is 3. The standard InChI is InChI=1S/C24H50O4S/c1-3-5-6-7-8-9-10-11-12-13-14-15-16-17-18-19-20-24(29(26,27)28)22-21-23(25)4-2/h23-25H,3-22H2,1-2H3,(H,26,27,28). The Bertz CT molecular complexity index is 436. The first kappa shape index (κ1) is 28.9. The van der Waals surface area contributed by atoms with E-state index < -0.39 is 21.5 Å². The molecule has 0 heterocycles. The zero-order valence-electron chi connectivity index (χ0n) is 19.4. The van der Waals surface area contributed by atoms with E-state index in [4.69, 9.17) is 0 Å². The molecule has 0 aromatic rings. The van der Waals surface area contributed by atoms with Crippen LogP contribution in [-0.2, 0) is 10.1 Å². The van der Waals surface area contributed by atoms with Gasteiger partial charge in [-0.3, -0.25) is 4.55 Å². The topological polar surface area (TPSA) is 74.6 Å². The fourth-order valence-electron chi connectivity index (χ4n) is 3.94. The first-order valence-electron chi connectivity index (χ1n) is 12.6. The molecule has 0 bridgehead atoms. The van der Waals surface area contributed by atoms with Gasteiger partial charge in [-0.15, -0.1) is 0 Å². The summed E-state index contributed by atoms with van der Waals surface area (Å²) in [6.45, 7) is 4.14. The average Bonchev–Trinajstić information content (AvgIpc) is 2.68. The third-order valence-electron chi connectivity index (χ3n) is 6.09. The van der Waals surface area contributed by atoms with Gasteiger partial charge in [0.1, 0.15) is 0 Å². The van der Waals surface area contributed by atoms with Crippen LogP contribution in [0.1, 0.15) is 142 Å². The molecular weight excluding hydrogens is 384 g/mol. The van der Waals surface area contributed by atoms with Crippen molar-refractivity contribution >= 4 is 10.1 Å². The predicted molar refractivity (Wildman–Crippen MR) is 125 cm³/mol. The Morgan fingerprint density at radius 1 is 0.586 bits per heavy atom. The van der Waals surface area contributed by atoms with Gasteiger partial charge in [0.2, 0.25) is 0 Å². The Morgan fingerprint density at radius 3 is 1.31 bits per heavy atom. The third-order valence-corrected chi connectivity index (χ3v) is 7.41. The highest BCUT2D eigenvalue weighted by Crippen LogP contribution is 2.19. The molecule has 29 heavy (non-hydrogen) atoms. The summed E-state index contributed by atoms with van der Waals surface area (Å²) in [5.74, 6) is 0. The Labute approximate surface area is 182 Å². The van der Waals surface area contributed by atoms with Gasteiger partial charge < -0.3 is 5.11 Å². The number of hydrogen-bond donors (Lipinski definition) is 2. The summed E-state index contributed by atoms with van der Waals surface area (Å²) in [6, 6.07) is 0. The van der Waals surface area contributed by atoms with Crippen molar-refractivity contribution < 1.29 is 18.1 Å². The average molecular weight is 435 g/mol. The van der Waals surface area contributed by atoms with Crippen LogP contribution in [-0.4, -0.2) is 29.4 Å². The largest absolute Gasteiger partial charge is 0.393 e. The normalized spacial score (nSPS) is 14.2. The van der Waals surface area contributed by atoms with Crippen LogP contribution >= 0.6 is 0 Å². The highest BCUT2D eigenvalue weighted by Gasteiger charge is 2.23. The summed E-state index contributed by atoms with van der Waals surface area (Å²) in [5.41, 5.74) is 0. The van der Waals surface area contributed by atoms with Gasteiger partial charge in [0.15, 0.2) is 0 Å². The SMILES string of the molecule is CCCCCCCCCCCCCCCCCCC(CCC(O)CC)S(=O)(=O)O. The molecule has 0 saturated carbocycles. The fraction of sp³-hybridized carbons (Fsp3) is 1.00. The quantitative estimate of drug-likeness (QED) is 0.137. The van der Waals surface area contributed by atoms with Gasteiger partial charge in [0.25, 0.3) is 10.1 Å². The lowest BCUT2D eigenvalue weighted by atomic mass is 10.0. The second-order valence-corrected chi connectivity index (χ2v) is 10.6. The lowest BCUT2D eigenvalue weighted by Gasteiger charge is -2.15. The smallest absolute Gasteiger partial charge is 0.267 e. The van der Waals surface area contributed by atoms with Crippen molar-refractivity contribution in [3.8, 4) is 0 Å². The molecular formula is C24H50O4S. The number of rotatable bonds is 22. The van der Waals surface area contributed by atoms with Crippen LogP contribution in [0.5, 0.6) is 0 Å². The Hall–Kier alpha value is -0.130. The molecule has 0 aromatic heterocycles. The maximum Gasteiger partial charge on any atom is 0.267 e. The summed E-state index contributed by atoms with van der Waals surface area (Å²) >= 11 is 0. The van der Waals surface area contributed by atoms with Crippen molar-refractivity contribution in [3.05, 3.63) is 0 Å². The minimum absolute atomic E-state index is 0.354. The molecule has 0 saturated heterocycles. The summed E-state index contributed by atoms with van der Waals surface area (Å²) < 4.78 is 32.4. The maximum atomic E-state index is 11.5. The Kier molecular flexibility index (Phi) is 19.7. The van der Waals surface area contributed by atoms with Crippen molar-refractivity contribution in [2.45, 2.75) is 154 Å². The number of aliphatic hydroxyl groups is 1. The van der Waals surface area contributed by atoms with Crippen LogP contribution in [0.4, 0.5) is 0 Å². The molecule has 0 rings (SSSR count). The van der Waals surface area contributed by atoms with E-state index in [1.165, 1.54) is 83.5 Å². The molecule has 0 aliphatic carbocycles. The van der Waals surface area contributed by atoms with Gasteiger partial charge >= 0.3 is 0 Å². The minimum Gasteiger partial charge on any atom is -0.393 e. The monoisotopic (exact) mass is 434 g/mol. The van der Waals surface area contributed by atoms with Gasteiger partial charge in [0.05, 0.1) is 11.4 Å². The van der Waals surface area contributed by atoms with Crippen molar-refractivity contribution in [1.82, 2.24) is 0 Å². The van der Waals surface area contributed by atoms with Crippen LogP contribution in [0.15, 0.2) is 0 Å². The second kappa shape index (κ2) is 19.8. The predicted octanol–water partition coefficient (Wildman–Crippen LogP) is 7.45. The molecule has 0 radical (unpaired) electrons. The fourth-order valence-corrected chi connectivity index (χ4v) is 4.84. The first-order valence-corrected chi connectivity index (χ1v) is 14.1. The maximum absolute atomic E-state index is 11.5. The van der Waals surface area contributed by atoms with Crippen LogP contribution in [0, 0.1) is 0 Å².